The summed E-state index contributed by atoms with van der Waals surface area (Å²) in [5.74, 6) is -2.62. The van der Waals surface area contributed by atoms with E-state index in [1.807, 2.05) is 0 Å². The molecule has 226 valence electrons. The Hall–Kier alpha value is -2.95. The molecule has 2 amide bonds. The summed E-state index contributed by atoms with van der Waals surface area (Å²) in [6.45, 7) is 2.27. The van der Waals surface area contributed by atoms with Gasteiger partial charge in [0.2, 0.25) is 5.91 Å². The highest BCUT2D eigenvalue weighted by Crippen LogP contribution is 2.49. The molecule has 1 aromatic carbocycles. The molecule has 9 nitrogen and oxygen atoms in total. The Kier molecular flexibility index (Phi) is 8.46. The molecule has 4 fully saturated rings. The van der Waals surface area contributed by atoms with E-state index in [1.165, 1.54) is 13.2 Å². The lowest BCUT2D eigenvalue weighted by Crippen LogP contribution is -2.52. The summed E-state index contributed by atoms with van der Waals surface area (Å²) in [5.41, 5.74) is -2.24. The van der Waals surface area contributed by atoms with Crippen LogP contribution < -0.4 is 20.1 Å². The smallest absolute Gasteiger partial charge is 0.309 e. The molecule has 1 aliphatic heterocycles. The summed E-state index contributed by atoms with van der Waals surface area (Å²) in [4.78, 5) is 38.4. The van der Waals surface area contributed by atoms with Crippen molar-refractivity contribution in [1.82, 2.24) is 10.6 Å². The van der Waals surface area contributed by atoms with Crippen molar-refractivity contribution in [3.05, 3.63) is 23.5 Å². The van der Waals surface area contributed by atoms with Crippen molar-refractivity contribution in [2.75, 3.05) is 26.9 Å². The van der Waals surface area contributed by atoms with E-state index < -0.39 is 40.7 Å². The topological polar surface area (TPSA) is 123 Å². The second-order valence-electron chi connectivity index (χ2n) is 12.5. The number of rotatable bonds is 9. The van der Waals surface area contributed by atoms with Crippen LogP contribution in [0, 0.1) is 29.0 Å². The third-order valence-electron chi connectivity index (χ3n) is 9.83. The second-order valence-corrected chi connectivity index (χ2v) is 12.5. The zero-order valence-corrected chi connectivity index (χ0v) is 23.7. The lowest BCUT2D eigenvalue weighted by Gasteiger charge is -2.34. The first-order valence-electron chi connectivity index (χ1n) is 14.6. The Bertz CT molecular complexity index is 1160. The largest absolute Gasteiger partial charge is 0.496 e. The minimum Gasteiger partial charge on any atom is -0.496 e. The van der Waals surface area contributed by atoms with Crippen molar-refractivity contribution in [2.45, 2.75) is 82.5 Å². The molecular formula is C30H40F2N2O7. The summed E-state index contributed by atoms with van der Waals surface area (Å²) < 4.78 is 46.5. The van der Waals surface area contributed by atoms with Gasteiger partial charge >= 0.3 is 5.97 Å². The van der Waals surface area contributed by atoms with Crippen molar-refractivity contribution in [1.29, 1.82) is 0 Å². The maximum absolute atomic E-state index is 15.1. The molecular weight excluding hydrogens is 538 g/mol. The number of hydrogen-bond donors (Lipinski definition) is 3. The number of amides is 2. The van der Waals surface area contributed by atoms with Crippen LogP contribution in [-0.2, 0) is 14.3 Å². The number of benzene rings is 1. The molecule has 1 saturated heterocycles. The van der Waals surface area contributed by atoms with E-state index in [2.05, 4.69) is 10.6 Å². The fourth-order valence-corrected chi connectivity index (χ4v) is 7.09. The zero-order chi connectivity index (χ0) is 29.4. The minimum absolute atomic E-state index is 0.0393. The van der Waals surface area contributed by atoms with Crippen LogP contribution in [0.3, 0.4) is 0 Å². The maximum atomic E-state index is 15.1. The van der Waals surface area contributed by atoms with Crippen LogP contribution >= 0.6 is 0 Å². The molecule has 41 heavy (non-hydrogen) atoms. The van der Waals surface area contributed by atoms with Crippen LogP contribution in [0.1, 0.15) is 75.1 Å². The molecule has 3 saturated carbocycles. The molecule has 0 unspecified atom stereocenters. The Morgan fingerprint density at radius 2 is 1.73 bits per heavy atom. The number of nitrogens with one attached hydrogen (secondary N) is 2. The van der Waals surface area contributed by atoms with Crippen molar-refractivity contribution in [3.63, 3.8) is 0 Å². The molecule has 5 rings (SSSR count). The molecule has 0 radical (unpaired) electrons. The van der Waals surface area contributed by atoms with Gasteiger partial charge in [-0.3, -0.25) is 14.4 Å². The molecule has 1 aromatic rings. The highest BCUT2D eigenvalue weighted by molar-refractivity contribution is 5.98. The van der Waals surface area contributed by atoms with E-state index in [9.17, 15) is 23.9 Å². The summed E-state index contributed by atoms with van der Waals surface area (Å²) in [6, 6.07) is 1.99. The average molecular weight is 579 g/mol. The van der Waals surface area contributed by atoms with Gasteiger partial charge in [0.05, 0.1) is 36.7 Å². The number of carbonyl (C=O) groups is 3. The highest BCUT2D eigenvalue weighted by Gasteiger charge is 2.52. The molecule has 2 bridgehead atoms. The highest BCUT2D eigenvalue weighted by atomic mass is 19.1. The molecule has 0 aromatic heterocycles. The summed E-state index contributed by atoms with van der Waals surface area (Å²) in [5, 5.41) is 15.3. The van der Waals surface area contributed by atoms with Crippen molar-refractivity contribution in [2.24, 2.45) is 23.2 Å². The van der Waals surface area contributed by atoms with Gasteiger partial charge in [0, 0.05) is 38.2 Å². The van der Waals surface area contributed by atoms with E-state index in [4.69, 9.17) is 14.2 Å². The number of ether oxygens (including phenoxy) is 3. The SMILES string of the molecule is COc1cc(F)c(O[C@H]2CC[C@@](C)(C(=O)O)CC2)cc1C(=O)N[C@@H]1[C@H]2CC[C@H](C2)[C@@H]1C(=O)NCC1(F)CCOCC1. The van der Waals surface area contributed by atoms with Crippen LogP contribution in [0.25, 0.3) is 0 Å². The Balaban J connectivity index is 1.27. The van der Waals surface area contributed by atoms with Crippen LogP contribution in [0.4, 0.5) is 8.78 Å². The number of hydrogen-bond acceptors (Lipinski definition) is 6. The van der Waals surface area contributed by atoms with Gasteiger partial charge in [-0.05, 0) is 69.8 Å². The van der Waals surface area contributed by atoms with Crippen molar-refractivity contribution in [3.8, 4) is 11.5 Å². The predicted octanol–water partition coefficient (Wildman–Crippen LogP) is 4.03. The lowest BCUT2D eigenvalue weighted by atomic mass is 9.75. The fourth-order valence-electron chi connectivity index (χ4n) is 7.09. The number of halogens is 2. The molecule has 4 atom stereocenters. The van der Waals surface area contributed by atoms with Gasteiger partial charge in [0.15, 0.2) is 11.6 Å². The number of carboxylic acid groups (broad SMARTS) is 1. The first-order chi connectivity index (χ1) is 19.5. The number of aliphatic carboxylic acids is 1. The molecule has 1 heterocycles. The quantitative estimate of drug-likeness (QED) is 0.404. The molecule has 4 aliphatic rings. The van der Waals surface area contributed by atoms with Crippen molar-refractivity contribution < 1.29 is 42.5 Å². The number of methoxy groups -OCH3 is 1. The number of fused-ring (bicyclic) bond motifs is 2. The van der Waals surface area contributed by atoms with Crippen LogP contribution in [0.5, 0.6) is 11.5 Å². The van der Waals surface area contributed by atoms with E-state index in [0.717, 1.165) is 25.3 Å². The minimum atomic E-state index is -1.49. The molecule has 0 spiro atoms. The Morgan fingerprint density at radius 1 is 1.05 bits per heavy atom. The monoisotopic (exact) mass is 578 g/mol. The third kappa shape index (κ3) is 6.15. The van der Waals surface area contributed by atoms with Gasteiger partial charge in [-0.1, -0.05) is 0 Å². The van der Waals surface area contributed by atoms with Gasteiger partial charge < -0.3 is 30.0 Å². The Labute approximate surface area is 238 Å². The first-order valence-corrected chi connectivity index (χ1v) is 14.6. The molecule has 11 heteroatoms. The maximum Gasteiger partial charge on any atom is 0.309 e. The number of carbonyl (C=O) groups excluding carboxylic acids is 2. The van der Waals surface area contributed by atoms with Gasteiger partial charge in [-0.15, -0.1) is 0 Å². The van der Waals surface area contributed by atoms with E-state index >= 15 is 4.39 Å². The van der Waals surface area contributed by atoms with Gasteiger partial charge in [0.25, 0.3) is 5.91 Å². The zero-order valence-electron chi connectivity index (χ0n) is 23.7. The van der Waals surface area contributed by atoms with Crippen molar-refractivity contribution >= 4 is 17.8 Å². The molecule has 3 N–H and O–H groups in total. The lowest BCUT2D eigenvalue weighted by molar-refractivity contribution is -0.150. The van der Waals surface area contributed by atoms with Crippen LogP contribution in [0.2, 0.25) is 0 Å². The van der Waals surface area contributed by atoms with E-state index in [1.54, 1.807) is 6.92 Å². The second kappa shape index (κ2) is 11.7. The number of alkyl halides is 1. The van der Waals surface area contributed by atoms with E-state index in [-0.39, 0.29) is 60.3 Å². The summed E-state index contributed by atoms with van der Waals surface area (Å²) in [7, 11) is 1.34. The normalized spacial score (nSPS) is 32.2. The van der Waals surface area contributed by atoms with Gasteiger partial charge in [-0.2, -0.15) is 0 Å². The van der Waals surface area contributed by atoms with Crippen LogP contribution in [0.15, 0.2) is 12.1 Å². The third-order valence-corrected chi connectivity index (χ3v) is 9.83. The summed E-state index contributed by atoms with van der Waals surface area (Å²) in [6.07, 6.45) is 4.37. The van der Waals surface area contributed by atoms with Gasteiger partial charge in [0.1, 0.15) is 11.4 Å². The first kappa shape index (κ1) is 29.5. The van der Waals surface area contributed by atoms with E-state index in [0.29, 0.717) is 38.9 Å². The standard InChI is InChI=1S/C30H40F2N2O7/c1-29(28(37)38)7-5-19(6-8-29)41-23-14-20(22(39-2)15-21(23)31)26(35)34-25-18-4-3-17(13-18)24(25)27(36)33-16-30(32)9-11-40-12-10-30/h14-15,17-19,24-25H,3-13,16H2,1-2H3,(H,33,36)(H,34,35)(H,37,38)/t17-,18+,19-,24+,25-,29+/m1/s1. The Morgan fingerprint density at radius 3 is 2.39 bits per heavy atom. The number of carboxylic acids is 1. The predicted molar refractivity (Wildman–Crippen MR) is 144 cm³/mol. The summed E-state index contributed by atoms with van der Waals surface area (Å²) >= 11 is 0. The molecule has 3 aliphatic carbocycles. The van der Waals surface area contributed by atoms with Crippen LogP contribution in [-0.4, -0.2) is 67.6 Å². The average Bonchev–Trinajstić information content (AvgIpc) is 3.56. The van der Waals surface area contributed by atoms with Gasteiger partial charge in [-0.25, -0.2) is 8.78 Å². The fraction of sp³-hybridized carbons (Fsp3) is 0.700.